The Kier molecular flexibility index (Phi) is 5.55. The Balaban J connectivity index is 1.94. The summed E-state index contributed by atoms with van der Waals surface area (Å²) in [4.78, 5) is 23.2. The van der Waals surface area contributed by atoms with Crippen LogP contribution in [0, 0.1) is 0 Å². The third-order valence-electron chi connectivity index (χ3n) is 2.83. The van der Waals surface area contributed by atoms with Crippen LogP contribution in [0.4, 0.5) is 10.5 Å². The molecule has 0 aliphatic carbocycles. The average molecular weight is 364 g/mol. The van der Waals surface area contributed by atoms with Gasteiger partial charge in [0, 0.05) is 10.2 Å². The van der Waals surface area contributed by atoms with Crippen molar-refractivity contribution in [3.8, 4) is 0 Å². The second kappa shape index (κ2) is 7.61. The van der Waals surface area contributed by atoms with Gasteiger partial charge in [0.05, 0.1) is 12.7 Å². The van der Waals surface area contributed by atoms with E-state index in [1.807, 2.05) is 30.3 Å². The van der Waals surface area contributed by atoms with Crippen LogP contribution in [0.3, 0.4) is 0 Å². The van der Waals surface area contributed by atoms with Gasteiger partial charge in [0.1, 0.15) is 6.61 Å². The third kappa shape index (κ3) is 4.33. The van der Waals surface area contributed by atoms with Crippen LogP contribution >= 0.6 is 15.9 Å². The molecule has 6 heteroatoms. The maximum atomic E-state index is 11.7. The zero-order valence-corrected chi connectivity index (χ0v) is 13.4. The molecule has 0 unspecified atom stereocenters. The van der Waals surface area contributed by atoms with Crippen LogP contribution in [-0.2, 0) is 16.1 Å². The summed E-state index contributed by atoms with van der Waals surface area (Å²) in [7, 11) is 1.31. The zero-order chi connectivity index (χ0) is 15.9. The maximum Gasteiger partial charge on any atom is 0.411 e. The molecule has 2 aromatic rings. The number of anilines is 1. The first kappa shape index (κ1) is 16.0. The molecule has 0 saturated heterocycles. The number of benzene rings is 2. The molecule has 0 heterocycles. The molecule has 0 saturated carbocycles. The Hall–Kier alpha value is -2.34. The van der Waals surface area contributed by atoms with E-state index >= 15 is 0 Å². The SMILES string of the molecule is COC(=O)c1ccc(NC(=O)OCc2ccccc2)cc1Br. The van der Waals surface area contributed by atoms with Crippen molar-refractivity contribution in [1.82, 2.24) is 0 Å². The minimum atomic E-state index is -0.568. The van der Waals surface area contributed by atoms with E-state index in [0.717, 1.165) is 5.56 Å². The van der Waals surface area contributed by atoms with Gasteiger partial charge < -0.3 is 9.47 Å². The standard InChI is InChI=1S/C16H14BrNO4/c1-21-15(19)13-8-7-12(9-14(13)17)18-16(20)22-10-11-5-3-2-4-6-11/h2-9H,10H2,1H3,(H,18,20). The van der Waals surface area contributed by atoms with Crippen molar-refractivity contribution in [3.05, 3.63) is 64.1 Å². The number of hydrogen-bond acceptors (Lipinski definition) is 4. The molecule has 2 aromatic carbocycles. The molecule has 0 atom stereocenters. The molecule has 5 nitrogen and oxygen atoms in total. The highest BCUT2D eigenvalue weighted by atomic mass is 79.9. The number of halogens is 1. The van der Waals surface area contributed by atoms with Crippen LogP contribution in [-0.4, -0.2) is 19.2 Å². The maximum absolute atomic E-state index is 11.7. The summed E-state index contributed by atoms with van der Waals surface area (Å²) in [6.07, 6.45) is -0.568. The lowest BCUT2D eigenvalue weighted by Gasteiger charge is -2.09. The summed E-state index contributed by atoms with van der Waals surface area (Å²) >= 11 is 3.26. The summed E-state index contributed by atoms with van der Waals surface area (Å²) in [6, 6.07) is 14.1. The first-order valence-corrected chi connectivity index (χ1v) is 7.25. The minimum absolute atomic E-state index is 0.189. The molecule has 0 bridgehead atoms. The Morgan fingerprint density at radius 2 is 1.86 bits per heavy atom. The Bertz CT molecular complexity index is 673. The van der Waals surface area contributed by atoms with Gasteiger partial charge in [-0.15, -0.1) is 0 Å². The molecule has 0 aliphatic rings. The lowest BCUT2D eigenvalue weighted by molar-refractivity contribution is 0.0599. The van der Waals surface area contributed by atoms with Gasteiger partial charge in [0.15, 0.2) is 0 Å². The largest absolute Gasteiger partial charge is 0.465 e. The number of hydrogen-bond donors (Lipinski definition) is 1. The van der Waals surface area contributed by atoms with Crippen molar-refractivity contribution in [2.24, 2.45) is 0 Å². The van der Waals surface area contributed by atoms with E-state index in [2.05, 4.69) is 26.0 Å². The minimum Gasteiger partial charge on any atom is -0.465 e. The number of methoxy groups -OCH3 is 1. The monoisotopic (exact) mass is 363 g/mol. The van der Waals surface area contributed by atoms with Crippen molar-refractivity contribution < 1.29 is 19.1 Å². The molecular formula is C16H14BrNO4. The molecule has 0 aliphatic heterocycles. The fraction of sp³-hybridized carbons (Fsp3) is 0.125. The molecule has 22 heavy (non-hydrogen) atoms. The molecule has 2 rings (SSSR count). The van der Waals surface area contributed by atoms with E-state index in [1.165, 1.54) is 7.11 Å². The lowest BCUT2D eigenvalue weighted by Crippen LogP contribution is -2.14. The molecule has 0 fully saturated rings. The molecule has 1 N–H and O–H groups in total. The fourth-order valence-electron chi connectivity index (χ4n) is 1.75. The lowest BCUT2D eigenvalue weighted by atomic mass is 10.2. The van der Waals surface area contributed by atoms with Gasteiger partial charge in [-0.2, -0.15) is 0 Å². The number of ether oxygens (including phenoxy) is 2. The summed E-state index contributed by atoms with van der Waals surface area (Å²) < 4.78 is 10.3. The normalized spacial score (nSPS) is 9.91. The second-order valence-corrected chi connectivity index (χ2v) is 5.23. The van der Waals surface area contributed by atoms with Gasteiger partial charge in [0.2, 0.25) is 0 Å². The van der Waals surface area contributed by atoms with E-state index in [-0.39, 0.29) is 6.61 Å². The zero-order valence-electron chi connectivity index (χ0n) is 11.8. The smallest absolute Gasteiger partial charge is 0.411 e. The Labute approximate surface area is 136 Å². The first-order chi connectivity index (χ1) is 10.6. The van der Waals surface area contributed by atoms with Crippen molar-refractivity contribution >= 4 is 33.7 Å². The van der Waals surface area contributed by atoms with Crippen molar-refractivity contribution in [2.75, 3.05) is 12.4 Å². The topological polar surface area (TPSA) is 64.6 Å². The number of amides is 1. The van der Waals surface area contributed by atoms with Crippen LogP contribution in [0.15, 0.2) is 53.0 Å². The van der Waals surface area contributed by atoms with E-state index in [1.54, 1.807) is 18.2 Å². The molecular weight excluding hydrogens is 350 g/mol. The van der Waals surface area contributed by atoms with Gasteiger partial charge >= 0.3 is 12.1 Å². The van der Waals surface area contributed by atoms with Gasteiger partial charge in [0.25, 0.3) is 0 Å². The molecule has 0 radical (unpaired) electrons. The summed E-state index contributed by atoms with van der Waals surface area (Å²) in [5.74, 6) is -0.454. The summed E-state index contributed by atoms with van der Waals surface area (Å²) in [6.45, 7) is 0.189. The van der Waals surface area contributed by atoms with Crippen molar-refractivity contribution in [2.45, 2.75) is 6.61 Å². The molecule has 0 aromatic heterocycles. The van der Waals surface area contributed by atoms with Crippen LogP contribution in [0.5, 0.6) is 0 Å². The van der Waals surface area contributed by atoms with Crippen LogP contribution in [0.1, 0.15) is 15.9 Å². The third-order valence-corrected chi connectivity index (χ3v) is 3.49. The number of nitrogens with one attached hydrogen (secondary N) is 1. The van der Waals surface area contributed by atoms with Crippen molar-refractivity contribution in [1.29, 1.82) is 0 Å². The van der Waals surface area contributed by atoms with E-state index < -0.39 is 12.1 Å². The van der Waals surface area contributed by atoms with E-state index in [4.69, 9.17) is 4.74 Å². The van der Waals surface area contributed by atoms with E-state index in [0.29, 0.717) is 15.7 Å². The summed E-state index contributed by atoms with van der Waals surface area (Å²) in [5.41, 5.74) is 1.79. The average Bonchev–Trinajstić information content (AvgIpc) is 2.53. The number of rotatable bonds is 4. The van der Waals surface area contributed by atoms with Crippen LogP contribution in [0.2, 0.25) is 0 Å². The highest BCUT2D eigenvalue weighted by molar-refractivity contribution is 9.10. The fourth-order valence-corrected chi connectivity index (χ4v) is 2.29. The first-order valence-electron chi connectivity index (χ1n) is 6.45. The van der Waals surface area contributed by atoms with E-state index in [9.17, 15) is 9.59 Å². The highest BCUT2D eigenvalue weighted by Gasteiger charge is 2.11. The van der Waals surface area contributed by atoms with Crippen molar-refractivity contribution in [3.63, 3.8) is 0 Å². The van der Waals surface area contributed by atoms with Gasteiger partial charge in [-0.25, -0.2) is 9.59 Å². The quantitative estimate of drug-likeness (QED) is 0.834. The predicted molar refractivity (Wildman–Crippen MR) is 85.7 cm³/mol. The number of esters is 1. The Morgan fingerprint density at radius 3 is 2.50 bits per heavy atom. The number of carbonyl (C=O) groups is 2. The van der Waals surface area contributed by atoms with Gasteiger partial charge in [-0.1, -0.05) is 30.3 Å². The molecule has 0 spiro atoms. The van der Waals surface area contributed by atoms with Crippen LogP contribution < -0.4 is 5.32 Å². The van der Waals surface area contributed by atoms with Crippen LogP contribution in [0.25, 0.3) is 0 Å². The second-order valence-electron chi connectivity index (χ2n) is 4.37. The molecule has 1 amide bonds. The Morgan fingerprint density at radius 1 is 1.14 bits per heavy atom. The predicted octanol–water partition coefficient (Wildman–Crippen LogP) is 3.98. The summed E-state index contributed by atoms with van der Waals surface area (Å²) in [5, 5.41) is 2.59. The van der Waals surface area contributed by atoms with Gasteiger partial charge in [-0.3, -0.25) is 5.32 Å². The highest BCUT2D eigenvalue weighted by Crippen LogP contribution is 2.22. The molecule has 114 valence electrons. The number of carbonyl (C=O) groups excluding carboxylic acids is 2. The van der Waals surface area contributed by atoms with Gasteiger partial charge in [-0.05, 0) is 39.7 Å².